The van der Waals surface area contributed by atoms with Crippen LogP contribution in [-0.2, 0) is 11.3 Å². The highest BCUT2D eigenvalue weighted by Crippen LogP contribution is 2.10. The Labute approximate surface area is 161 Å². The number of aliphatic imine (C=N–C) groups is 1. The van der Waals surface area contributed by atoms with Gasteiger partial charge in [0.15, 0.2) is 5.96 Å². The Balaban J connectivity index is 0.00000529. The van der Waals surface area contributed by atoms with Crippen molar-refractivity contribution < 1.29 is 9.53 Å². The maximum Gasteiger partial charge on any atom is 0.411 e. The lowest BCUT2D eigenvalue weighted by molar-refractivity contribution is 0.187. The molecule has 0 aliphatic carbocycles. The summed E-state index contributed by atoms with van der Waals surface area (Å²) in [6.07, 6.45) is -0.475. The first-order valence-corrected chi connectivity index (χ1v) is 7.95. The van der Waals surface area contributed by atoms with E-state index in [0.717, 1.165) is 18.1 Å². The van der Waals surface area contributed by atoms with E-state index in [9.17, 15) is 4.79 Å². The molecule has 1 atom stereocenters. The average Bonchev–Trinajstić information content (AvgIpc) is 2.53. The highest BCUT2D eigenvalue weighted by atomic mass is 127. The minimum absolute atomic E-state index is 0. The number of methoxy groups -OCH3 is 1. The first-order valence-electron chi connectivity index (χ1n) is 7.95. The van der Waals surface area contributed by atoms with E-state index >= 15 is 0 Å². The fraction of sp³-hybridized carbons (Fsp3) is 0.529. The zero-order valence-corrected chi connectivity index (χ0v) is 17.4. The third kappa shape index (κ3) is 8.37. The van der Waals surface area contributed by atoms with Crippen LogP contribution in [0.4, 0.5) is 10.5 Å². The summed E-state index contributed by atoms with van der Waals surface area (Å²) in [6, 6.07) is 7.88. The molecule has 0 spiro atoms. The molecule has 24 heavy (non-hydrogen) atoms. The van der Waals surface area contributed by atoms with Gasteiger partial charge in [0.2, 0.25) is 0 Å². The lowest BCUT2D eigenvalue weighted by Gasteiger charge is -2.20. The molecular formula is C17H29IN4O2. The summed E-state index contributed by atoms with van der Waals surface area (Å²) >= 11 is 0. The number of hydrogen-bond donors (Lipinski definition) is 3. The van der Waals surface area contributed by atoms with E-state index < -0.39 is 6.09 Å². The topological polar surface area (TPSA) is 74.8 Å². The second-order valence-corrected chi connectivity index (χ2v) is 5.69. The van der Waals surface area contributed by atoms with E-state index in [-0.39, 0.29) is 24.0 Å². The van der Waals surface area contributed by atoms with Crippen molar-refractivity contribution in [2.75, 3.05) is 19.0 Å². The van der Waals surface area contributed by atoms with Crippen LogP contribution >= 0.6 is 24.0 Å². The van der Waals surface area contributed by atoms with Gasteiger partial charge in [0, 0.05) is 18.3 Å². The number of nitrogens with one attached hydrogen (secondary N) is 3. The van der Waals surface area contributed by atoms with Gasteiger partial charge in [0.05, 0.1) is 13.7 Å². The minimum Gasteiger partial charge on any atom is -0.453 e. The van der Waals surface area contributed by atoms with Gasteiger partial charge in [0.1, 0.15) is 0 Å². The molecule has 6 nitrogen and oxygen atoms in total. The van der Waals surface area contributed by atoms with Gasteiger partial charge in [-0.3, -0.25) is 5.32 Å². The van der Waals surface area contributed by atoms with Crippen molar-refractivity contribution in [3.63, 3.8) is 0 Å². The van der Waals surface area contributed by atoms with E-state index in [1.165, 1.54) is 7.11 Å². The fourth-order valence-electron chi connectivity index (χ4n) is 1.74. The predicted octanol–water partition coefficient (Wildman–Crippen LogP) is 3.58. The number of hydrogen-bond acceptors (Lipinski definition) is 3. The maximum absolute atomic E-state index is 11.1. The number of nitrogens with zero attached hydrogens (tertiary/aromatic N) is 1. The molecule has 0 aromatic heterocycles. The molecule has 0 aliphatic heterocycles. The summed E-state index contributed by atoms with van der Waals surface area (Å²) in [5, 5.41) is 9.27. The van der Waals surface area contributed by atoms with Crippen LogP contribution in [0, 0.1) is 5.92 Å². The molecule has 0 heterocycles. The van der Waals surface area contributed by atoms with Gasteiger partial charge in [-0.1, -0.05) is 26.0 Å². The van der Waals surface area contributed by atoms with Gasteiger partial charge >= 0.3 is 6.09 Å². The summed E-state index contributed by atoms with van der Waals surface area (Å²) in [5.41, 5.74) is 1.76. The number of guanidine groups is 1. The monoisotopic (exact) mass is 448 g/mol. The van der Waals surface area contributed by atoms with Crippen LogP contribution < -0.4 is 16.0 Å². The number of rotatable bonds is 6. The number of carbonyl (C=O) groups excluding carboxylic acids is 1. The SMILES string of the molecule is CCNC(=NCc1ccc(NC(=O)OC)cc1)NC(C)C(C)C.I. The van der Waals surface area contributed by atoms with Crippen molar-refractivity contribution in [1.82, 2.24) is 10.6 Å². The highest BCUT2D eigenvalue weighted by Gasteiger charge is 2.08. The lowest BCUT2D eigenvalue weighted by atomic mass is 10.1. The van der Waals surface area contributed by atoms with E-state index in [1.807, 2.05) is 31.2 Å². The van der Waals surface area contributed by atoms with Crippen molar-refractivity contribution in [1.29, 1.82) is 0 Å². The Hall–Kier alpha value is -1.51. The van der Waals surface area contributed by atoms with Crippen LogP contribution in [0.5, 0.6) is 0 Å². The Kier molecular flexibility index (Phi) is 11.2. The van der Waals surface area contributed by atoms with Crippen molar-refractivity contribution in [2.24, 2.45) is 10.9 Å². The van der Waals surface area contributed by atoms with Gasteiger partial charge < -0.3 is 15.4 Å². The van der Waals surface area contributed by atoms with E-state index in [0.29, 0.717) is 24.2 Å². The molecule has 0 bridgehead atoms. The molecule has 1 aromatic rings. The Bertz CT molecular complexity index is 518. The largest absolute Gasteiger partial charge is 0.453 e. The number of ether oxygens (including phenoxy) is 1. The van der Waals surface area contributed by atoms with Crippen molar-refractivity contribution in [3.05, 3.63) is 29.8 Å². The van der Waals surface area contributed by atoms with Gasteiger partial charge in [-0.05, 0) is 37.5 Å². The molecule has 0 fully saturated rings. The molecule has 3 N–H and O–H groups in total. The first kappa shape index (κ1) is 22.5. The average molecular weight is 448 g/mol. The number of halogens is 1. The summed E-state index contributed by atoms with van der Waals surface area (Å²) < 4.78 is 4.56. The second-order valence-electron chi connectivity index (χ2n) is 5.69. The quantitative estimate of drug-likeness (QED) is 0.353. The fourth-order valence-corrected chi connectivity index (χ4v) is 1.74. The van der Waals surface area contributed by atoms with Gasteiger partial charge in [-0.2, -0.15) is 0 Å². The lowest BCUT2D eigenvalue weighted by Crippen LogP contribution is -2.44. The van der Waals surface area contributed by atoms with Crippen LogP contribution in [0.2, 0.25) is 0 Å². The van der Waals surface area contributed by atoms with Crippen LogP contribution in [0.15, 0.2) is 29.3 Å². The van der Waals surface area contributed by atoms with Gasteiger partial charge in [-0.25, -0.2) is 9.79 Å². The minimum atomic E-state index is -0.475. The summed E-state index contributed by atoms with van der Waals surface area (Å²) in [6.45, 7) is 9.93. The Morgan fingerprint density at radius 3 is 2.33 bits per heavy atom. The standard InChI is InChI=1S/C17H28N4O2.HI/c1-6-18-16(20-13(4)12(2)3)19-11-14-7-9-15(10-8-14)21-17(22)23-5;/h7-10,12-13H,6,11H2,1-5H3,(H,21,22)(H2,18,19,20);1H. The third-order valence-electron chi connectivity index (χ3n) is 3.51. The Morgan fingerprint density at radius 2 is 1.83 bits per heavy atom. The predicted molar refractivity (Wildman–Crippen MR) is 110 cm³/mol. The molecule has 0 radical (unpaired) electrons. The van der Waals surface area contributed by atoms with E-state index in [4.69, 9.17) is 0 Å². The van der Waals surface area contributed by atoms with Gasteiger partial charge in [0.25, 0.3) is 0 Å². The van der Waals surface area contributed by atoms with Crippen molar-refractivity contribution >= 4 is 41.7 Å². The number of benzene rings is 1. The molecule has 136 valence electrons. The zero-order chi connectivity index (χ0) is 17.2. The van der Waals surface area contributed by atoms with E-state index in [2.05, 4.69) is 46.5 Å². The molecule has 1 rings (SSSR count). The van der Waals surface area contributed by atoms with Crippen molar-refractivity contribution in [2.45, 2.75) is 40.3 Å². The van der Waals surface area contributed by atoms with Crippen LogP contribution in [-0.4, -0.2) is 31.7 Å². The molecular weight excluding hydrogens is 419 g/mol. The van der Waals surface area contributed by atoms with Gasteiger partial charge in [-0.15, -0.1) is 24.0 Å². The normalized spacial score (nSPS) is 12.2. The van der Waals surface area contributed by atoms with E-state index in [1.54, 1.807) is 0 Å². The maximum atomic E-state index is 11.1. The third-order valence-corrected chi connectivity index (χ3v) is 3.51. The molecule has 1 unspecified atom stereocenters. The molecule has 0 saturated carbocycles. The number of amides is 1. The summed E-state index contributed by atoms with van der Waals surface area (Å²) in [5.74, 6) is 1.34. The van der Waals surface area contributed by atoms with Crippen LogP contribution in [0.25, 0.3) is 0 Å². The van der Waals surface area contributed by atoms with Crippen LogP contribution in [0.3, 0.4) is 0 Å². The number of carbonyl (C=O) groups is 1. The van der Waals surface area contributed by atoms with Crippen molar-refractivity contribution in [3.8, 4) is 0 Å². The smallest absolute Gasteiger partial charge is 0.411 e. The highest BCUT2D eigenvalue weighted by molar-refractivity contribution is 14.0. The first-order chi connectivity index (χ1) is 11.0. The molecule has 7 heteroatoms. The summed E-state index contributed by atoms with van der Waals surface area (Å²) in [4.78, 5) is 15.7. The molecule has 0 saturated heterocycles. The molecule has 1 aromatic carbocycles. The molecule has 1 amide bonds. The molecule has 0 aliphatic rings. The Morgan fingerprint density at radius 1 is 1.21 bits per heavy atom. The zero-order valence-electron chi connectivity index (χ0n) is 15.1. The van der Waals surface area contributed by atoms with Crippen LogP contribution in [0.1, 0.15) is 33.3 Å². The second kappa shape index (κ2) is 11.9. The summed E-state index contributed by atoms with van der Waals surface area (Å²) in [7, 11) is 1.34. The number of anilines is 1.